The summed E-state index contributed by atoms with van der Waals surface area (Å²) in [5.74, 6) is -4.86. The molecule has 6 N–H and O–H groups in total. The maximum absolute atomic E-state index is 10.6. The van der Waals surface area contributed by atoms with E-state index in [2.05, 4.69) is 5.32 Å². The molecule has 0 aromatic heterocycles. The van der Waals surface area contributed by atoms with Crippen LogP contribution in [0.15, 0.2) is 24.3 Å². The molecule has 1 aliphatic heterocycles. The normalized spacial score (nSPS) is 26.3. The number of carboxylic acids is 2. The van der Waals surface area contributed by atoms with Gasteiger partial charge in [0.25, 0.3) is 0 Å². The van der Waals surface area contributed by atoms with Gasteiger partial charge in [-0.1, -0.05) is 23.7 Å². The zero-order valence-corrected chi connectivity index (χ0v) is 15.8. The van der Waals surface area contributed by atoms with Crippen LogP contribution in [0, 0.1) is 0 Å². The van der Waals surface area contributed by atoms with Crippen LogP contribution in [0.5, 0.6) is 0 Å². The lowest BCUT2D eigenvalue weighted by atomic mass is 9.93. The molecule has 4 atom stereocenters. The molecule has 152 valence electrons. The Morgan fingerprint density at radius 2 is 1.74 bits per heavy atom. The predicted octanol–water partition coefficient (Wildman–Crippen LogP) is 0.149. The number of halogens is 1. The fraction of sp³-hybridized carbons (Fsp3) is 0.529. The number of aliphatic hydroxyl groups excluding tert-OH is 2. The van der Waals surface area contributed by atoms with Gasteiger partial charge in [-0.05, 0) is 32.9 Å². The number of carbonyl (C=O) groups is 2. The van der Waals surface area contributed by atoms with Crippen molar-refractivity contribution in [3.8, 4) is 0 Å². The highest BCUT2D eigenvalue weighted by Crippen LogP contribution is 2.33. The van der Waals surface area contributed by atoms with E-state index in [1.165, 1.54) is 0 Å². The van der Waals surface area contributed by atoms with Gasteiger partial charge in [0.05, 0.1) is 12.6 Å². The number of aliphatic carboxylic acids is 2. The van der Waals surface area contributed by atoms with Gasteiger partial charge >= 0.3 is 11.9 Å². The third-order valence-electron chi connectivity index (χ3n) is 3.89. The fourth-order valence-corrected chi connectivity index (χ4v) is 2.65. The summed E-state index contributed by atoms with van der Waals surface area (Å²) in [5, 5.41) is 47.1. The molecule has 0 spiro atoms. The van der Waals surface area contributed by atoms with Gasteiger partial charge < -0.3 is 35.6 Å². The van der Waals surface area contributed by atoms with Crippen molar-refractivity contribution in [1.29, 1.82) is 0 Å². The van der Waals surface area contributed by atoms with Crippen LogP contribution < -0.4 is 5.32 Å². The topological polar surface area (TPSA) is 157 Å². The maximum atomic E-state index is 10.6. The first-order valence-electron chi connectivity index (χ1n) is 8.02. The highest BCUT2D eigenvalue weighted by molar-refractivity contribution is 6.30. The van der Waals surface area contributed by atoms with E-state index >= 15 is 0 Å². The van der Waals surface area contributed by atoms with Gasteiger partial charge in [-0.2, -0.15) is 0 Å². The first kappa shape index (κ1) is 23.3. The van der Waals surface area contributed by atoms with Crippen LogP contribution in [0.25, 0.3) is 0 Å². The van der Waals surface area contributed by atoms with Gasteiger partial charge in [0.2, 0.25) is 5.79 Å². The van der Waals surface area contributed by atoms with E-state index in [9.17, 15) is 14.7 Å². The lowest BCUT2D eigenvalue weighted by Crippen LogP contribution is -2.63. The van der Waals surface area contributed by atoms with Gasteiger partial charge in [-0.25, -0.2) is 9.59 Å². The van der Waals surface area contributed by atoms with Crippen molar-refractivity contribution in [2.24, 2.45) is 0 Å². The number of benzene rings is 1. The summed E-state index contributed by atoms with van der Waals surface area (Å²) in [6.45, 7) is 6.43. The summed E-state index contributed by atoms with van der Waals surface area (Å²) < 4.78 is 5.67. The average Bonchev–Trinajstić information content (AvgIpc) is 2.57. The lowest BCUT2D eigenvalue weighted by molar-refractivity contribution is -0.263. The molecule has 2 rings (SSSR count). The monoisotopic (exact) mass is 405 g/mol. The Bertz CT molecular complexity index is 665. The number of aliphatic hydroxyl groups is 3. The quantitative estimate of drug-likeness (QED) is 0.410. The number of hydrogen-bond donors (Lipinski definition) is 6. The van der Waals surface area contributed by atoms with E-state index in [0.29, 0.717) is 17.2 Å². The Hall–Kier alpha value is -1.75. The first-order chi connectivity index (χ1) is 12.3. The Kier molecular flexibility index (Phi) is 7.73. The van der Waals surface area contributed by atoms with E-state index in [1.54, 1.807) is 12.1 Å². The Labute approximate surface area is 161 Å². The van der Waals surface area contributed by atoms with Crippen LogP contribution in [0.1, 0.15) is 26.3 Å². The molecule has 0 aliphatic carbocycles. The minimum atomic E-state index is -2.27. The Morgan fingerprint density at radius 3 is 2.15 bits per heavy atom. The number of morpholine rings is 1. The van der Waals surface area contributed by atoms with Crippen molar-refractivity contribution in [2.75, 3.05) is 6.61 Å². The molecular formula is C17H24ClNO8. The molecule has 1 aromatic rings. The molecule has 0 bridgehead atoms. The summed E-state index contributed by atoms with van der Waals surface area (Å²) in [4.78, 5) is 19.5. The highest BCUT2D eigenvalue weighted by Gasteiger charge is 2.44. The van der Waals surface area contributed by atoms with E-state index in [-0.39, 0.29) is 11.6 Å². The summed E-state index contributed by atoms with van der Waals surface area (Å²) >= 11 is 5.94. The van der Waals surface area contributed by atoms with Crippen molar-refractivity contribution in [3.05, 3.63) is 34.9 Å². The standard InChI is InChI=1S/C13H18ClNO2.C4H6O6/c1-9-13(16,17-8-12(2,3)15-9)10-5-4-6-11(14)7-10;5-1(3(7)8)2(6)4(9)10/h4-7,9,15-16H,8H2,1-3H3;1-2,5-6H,(H,7,8)(H,9,10)/t9-,13+;/m0./s1. The second-order valence-electron chi connectivity index (χ2n) is 6.81. The number of ether oxygens (including phenoxy) is 1. The summed E-state index contributed by atoms with van der Waals surface area (Å²) in [6, 6.07) is 6.94. The number of carboxylic acid groups (broad SMARTS) is 2. The summed E-state index contributed by atoms with van der Waals surface area (Å²) in [5.41, 5.74) is 0.546. The maximum Gasteiger partial charge on any atom is 0.335 e. The highest BCUT2D eigenvalue weighted by atomic mass is 35.5. The van der Waals surface area contributed by atoms with Crippen LogP contribution in [0.3, 0.4) is 0 Å². The summed E-state index contributed by atoms with van der Waals surface area (Å²) in [6.07, 6.45) is -4.53. The van der Waals surface area contributed by atoms with E-state index in [1.807, 2.05) is 32.9 Å². The van der Waals surface area contributed by atoms with Gasteiger partial charge in [-0.15, -0.1) is 0 Å². The molecule has 9 nitrogen and oxygen atoms in total. The molecule has 27 heavy (non-hydrogen) atoms. The lowest BCUT2D eigenvalue weighted by Gasteiger charge is -2.46. The number of rotatable bonds is 4. The van der Waals surface area contributed by atoms with Gasteiger partial charge in [-0.3, -0.25) is 0 Å². The van der Waals surface area contributed by atoms with Crippen LogP contribution in [0.4, 0.5) is 0 Å². The van der Waals surface area contributed by atoms with E-state index in [0.717, 1.165) is 0 Å². The van der Waals surface area contributed by atoms with Crippen molar-refractivity contribution in [1.82, 2.24) is 5.32 Å². The second-order valence-corrected chi connectivity index (χ2v) is 7.25. The van der Waals surface area contributed by atoms with Crippen LogP contribution >= 0.6 is 11.6 Å². The molecule has 1 aliphatic rings. The van der Waals surface area contributed by atoms with Gasteiger partial charge in [0, 0.05) is 16.1 Å². The van der Waals surface area contributed by atoms with Crippen molar-refractivity contribution < 1.29 is 39.9 Å². The second kappa shape index (κ2) is 8.96. The number of nitrogens with one attached hydrogen (secondary N) is 1. The van der Waals surface area contributed by atoms with Crippen LogP contribution in [-0.2, 0) is 20.1 Å². The minimum Gasteiger partial charge on any atom is -0.479 e. The Balaban J connectivity index is 0.000000314. The number of hydrogen-bond acceptors (Lipinski definition) is 7. The molecule has 0 saturated carbocycles. The molecule has 0 radical (unpaired) electrons. The third kappa shape index (κ3) is 6.13. The van der Waals surface area contributed by atoms with Crippen LogP contribution in [-0.4, -0.2) is 67.9 Å². The fourth-order valence-electron chi connectivity index (χ4n) is 2.46. The molecule has 1 heterocycles. The largest absolute Gasteiger partial charge is 0.479 e. The van der Waals surface area contributed by atoms with Gasteiger partial charge in [0.15, 0.2) is 12.2 Å². The van der Waals surface area contributed by atoms with E-state index < -0.39 is 29.9 Å². The molecule has 1 fully saturated rings. The SMILES string of the molecule is C[C@@H]1NC(C)(C)CO[C@@]1(O)c1cccc(Cl)c1.O=C(O)C(O)C(O)C(=O)O. The van der Waals surface area contributed by atoms with E-state index in [4.69, 9.17) is 36.8 Å². The van der Waals surface area contributed by atoms with Crippen molar-refractivity contribution in [3.63, 3.8) is 0 Å². The third-order valence-corrected chi connectivity index (χ3v) is 4.13. The minimum absolute atomic E-state index is 0.135. The average molecular weight is 406 g/mol. The first-order valence-corrected chi connectivity index (χ1v) is 8.40. The molecule has 1 saturated heterocycles. The van der Waals surface area contributed by atoms with Crippen molar-refractivity contribution >= 4 is 23.5 Å². The molecule has 1 aromatic carbocycles. The van der Waals surface area contributed by atoms with Gasteiger partial charge in [0.1, 0.15) is 0 Å². The van der Waals surface area contributed by atoms with Crippen LogP contribution in [0.2, 0.25) is 5.02 Å². The Morgan fingerprint density at radius 1 is 1.22 bits per heavy atom. The summed E-state index contributed by atoms with van der Waals surface area (Å²) in [7, 11) is 0. The zero-order valence-electron chi connectivity index (χ0n) is 15.1. The predicted molar refractivity (Wildman–Crippen MR) is 95.3 cm³/mol. The molecule has 2 unspecified atom stereocenters. The smallest absolute Gasteiger partial charge is 0.335 e. The molecular weight excluding hydrogens is 382 g/mol. The van der Waals surface area contributed by atoms with Crippen molar-refractivity contribution in [2.45, 2.75) is 50.3 Å². The molecule has 10 heteroatoms. The zero-order chi connectivity index (χ0) is 21.0. The molecule has 0 amide bonds.